The molecule has 4 rings (SSSR count). The number of terminal acetylenes is 1. The lowest BCUT2D eigenvalue weighted by molar-refractivity contribution is 0.133. The van der Waals surface area contributed by atoms with Gasteiger partial charge in [0.1, 0.15) is 5.75 Å². The summed E-state index contributed by atoms with van der Waals surface area (Å²) in [6.45, 7) is 8.54. The third kappa shape index (κ3) is 3.74. The van der Waals surface area contributed by atoms with Gasteiger partial charge in [0, 0.05) is 24.3 Å². The Morgan fingerprint density at radius 2 is 1.97 bits per heavy atom. The molecule has 3 heteroatoms. The van der Waals surface area contributed by atoms with Crippen molar-refractivity contribution < 1.29 is 9.84 Å². The van der Waals surface area contributed by atoms with E-state index in [9.17, 15) is 5.11 Å². The van der Waals surface area contributed by atoms with Gasteiger partial charge >= 0.3 is 0 Å². The summed E-state index contributed by atoms with van der Waals surface area (Å²) in [5, 5.41) is 10.1. The highest BCUT2D eigenvalue weighted by Crippen LogP contribution is 2.57. The number of aliphatic hydroxyl groups is 1. The second-order valence-corrected chi connectivity index (χ2v) is 8.66. The molecule has 1 heterocycles. The molecule has 0 spiro atoms. The first-order chi connectivity index (χ1) is 13.9. The molecule has 1 aliphatic carbocycles. The van der Waals surface area contributed by atoms with E-state index in [-0.39, 0.29) is 11.5 Å². The number of ether oxygens (including phenoxy) is 1. The molecule has 3 unspecified atom stereocenters. The van der Waals surface area contributed by atoms with Crippen LogP contribution in [0.25, 0.3) is 0 Å². The fraction of sp³-hybridized carbons (Fsp3) is 0.462. The van der Waals surface area contributed by atoms with Crippen molar-refractivity contribution in [2.24, 2.45) is 5.92 Å². The molecule has 154 valence electrons. The summed E-state index contributed by atoms with van der Waals surface area (Å²) < 4.78 is 5.78. The monoisotopic (exact) mass is 391 g/mol. The number of aliphatic hydroxyl groups excluding tert-OH is 1. The highest BCUT2D eigenvalue weighted by atomic mass is 16.5. The molecule has 0 fully saturated rings. The van der Waals surface area contributed by atoms with E-state index in [1.54, 1.807) is 7.11 Å². The van der Waals surface area contributed by atoms with Crippen LogP contribution in [-0.4, -0.2) is 24.9 Å². The number of nitrogens with zero attached hydrogens (tertiary/aromatic N) is 1. The fourth-order valence-corrected chi connectivity index (χ4v) is 5.42. The zero-order valence-electron chi connectivity index (χ0n) is 18.1. The lowest BCUT2D eigenvalue weighted by atomic mass is 9.69. The molecule has 3 nitrogen and oxygen atoms in total. The second-order valence-electron chi connectivity index (χ2n) is 8.66. The summed E-state index contributed by atoms with van der Waals surface area (Å²) in [5.74, 6) is 1.49. The number of hydrogen-bond acceptors (Lipinski definition) is 3. The molecule has 0 saturated heterocycles. The molecule has 0 aromatic heterocycles. The van der Waals surface area contributed by atoms with Gasteiger partial charge in [0.25, 0.3) is 0 Å². The topological polar surface area (TPSA) is 32.7 Å². The van der Waals surface area contributed by atoms with Crippen molar-refractivity contribution in [2.75, 3.05) is 18.6 Å². The van der Waals surface area contributed by atoms with Gasteiger partial charge in [-0.05, 0) is 67.2 Å². The van der Waals surface area contributed by atoms with Gasteiger partial charge in [-0.15, -0.1) is 12.8 Å². The summed E-state index contributed by atoms with van der Waals surface area (Å²) in [6.07, 6.45) is 10.7. The molecule has 29 heavy (non-hydrogen) atoms. The molecule has 0 amide bonds. The van der Waals surface area contributed by atoms with Gasteiger partial charge in [-0.3, -0.25) is 0 Å². The van der Waals surface area contributed by atoms with E-state index in [4.69, 9.17) is 4.74 Å². The van der Waals surface area contributed by atoms with E-state index in [0.29, 0.717) is 5.92 Å². The fourth-order valence-electron chi connectivity index (χ4n) is 5.42. The van der Waals surface area contributed by atoms with Crippen LogP contribution in [0.2, 0.25) is 0 Å². The number of hydrogen-bond donors (Lipinski definition) is 1. The molecule has 0 bridgehead atoms. The first kappa shape index (κ1) is 21.3. The highest BCUT2D eigenvalue weighted by Gasteiger charge is 2.49. The van der Waals surface area contributed by atoms with Crippen LogP contribution in [0, 0.1) is 25.7 Å². The minimum Gasteiger partial charge on any atom is -0.496 e. The summed E-state index contributed by atoms with van der Waals surface area (Å²) in [4.78, 5) is 2.55. The van der Waals surface area contributed by atoms with Gasteiger partial charge in [-0.2, -0.15) is 0 Å². The van der Waals surface area contributed by atoms with Crippen molar-refractivity contribution >= 4 is 5.69 Å². The Morgan fingerprint density at radius 1 is 1.28 bits per heavy atom. The minimum absolute atomic E-state index is 0.119. The summed E-state index contributed by atoms with van der Waals surface area (Å²) in [6, 6.07) is 12.9. The molecule has 0 saturated carbocycles. The van der Waals surface area contributed by atoms with Crippen LogP contribution in [0.15, 0.2) is 36.4 Å². The average molecular weight is 392 g/mol. The first-order valence-electron chi connectivity index (χ1n) is 10.4. The Morgan fingerprint density at radius 3 is 2.59 bits per heavy atom. The van der Waals surface area contributed by atoms with E-state index in [1.165, 1.54) is 27.9 Å². The van der Waals surface area contributed by atoms with Gasteiger partial charge < -0.3 is 14.7 Å². The van der Waals surface area contributed by atoms with Gasteiger partial charge in [0.2, 0.25) is 0 Å². The van der Waals surface area contributed by atoms with E-state index >= 15 is 0 Å². The van der Waals surface area contributed by atoms with E-state index in [0.717, 1.165) is 38.1 Å². The van der Waals surface area contributed by atoms with Crippen LogP contribution in [0.5, 0.6) is 5.75 Å². The average Bonchev–Trinajstić information content (AvgIpc) is 3.00. The standard InChI is InChI=1S/C24H31NO2.C2H2/c1-16-12-21(27-4)20-14-19(13-17(2)26)24(3)10-11-25(23(16)22(20)24)15-18-8-6-5-7-9-18;1-2/h5-9,12,17,19,26H,10-11,13-15H2,1-4H3;1-2H. The maximum absolute atomic E-state index is 10.1. The summed E-state index contributed by atoms with van der Waals surface area (Å²) >= 11 is 0. The van der Waals surface area contributed by atoms with Crippen molar-refractivity contribution in [3.63, 3.8) is 0 Å². The molecule has 2 aromatic rings. The molecule has 3 atom stereocenters. The van der Waals surface area contributed by atoms with E-state index in [1.807, 2.05) is 6.92 Å². The molecular weight excluding hydrogens is 358 g/mol. The van der Waals surface area contributed by atoms with E-state index < -0.39 is 0 Å². The smallest absolute Gasteiger partial charge is 0.122 e. The molecular formula is C26H33NO2. The van der Waals surface area contributed by atoms with Crippen LogP contribution in [0.1, 0.15) is 48.9 Å². The minimum atomic E-state index is -0.265. The molecule has 1 N–H and O–H groups in total. The van der Waals surface area contributed by atoms with Crippen LogP contribution in [0.3, 0.4) is 0 Å². The number of rotatable bonds is 5. The Bertz CT molecular complexity index is 871. The predicted molar refractivity (Wildman–Crippen MR) is 121 cm³/mol. The zero-order valence-corrected chi connectivity index (χ0v) is 18.1. The Hall–Kier alpha value is -2.44. The molecule has 2 aromatic carbocycles. The van der Waals surface area contributed by atoms with Gasteiger partial charge in [-0.1, -0.05) is 37.3 Å². The Kier molecular flexibility index (Phi) is 6.24. The third-order valence-electron chi connectivity index (χ3n) is 6.76. The van der Waals surface area contributed by atoms with Gasteiger partial charge in [-0.25, -0.2) is 0 Å². The number of aryl methyl sites for hydroxylation is 1. The van der Waals surface area contributed by atoms with Crippen LogP contribution >= 0.6 is 0 Å². The zero-order chi connectivity index (χ0) is 21.2. The largest absolute Gasteiger partial charge is 0.496 e. The lowest BCUT2D eigenvalue weighted by Gasteiger charge is -2.44. The lowest BCUT2D eigenvalue weighted by Crippen LogP contribution is -2.41. The summed E-state index contributed by atoms with van der Waals surface area (Å²) in [7, 11) is 1.78. The number of methoxy groups -OCH3 is 1. The van der Waals surface area contributed by atoms with Crippen molar-refractivity contribution in [1.29, 1.82) is 0 Å². The van der Waals surface area contributed by atoms with Crippen molar-refractivity contribution in [1.82, 2.24) is 0 Å². The maximum atomic E-state index is 10.1. The molecule has 2 aliphatic rings. The second kappa shape index (κ2) is 8.51. The SMILES string of the molecule is C#C.COc1cc(C)c2c3c1CC(CC(C)O)C3(C)CCN2Cc1ccccc1. The van der Waals surface area contributed by atoms with Gasteiger partial charge in [0.15, 0.2) is 0 Å². The van der Waals surface area contributed by atoms with E-state index in [2.05, 4.69) is 68.0 Å². The van der Waals surface area contributed by atoms with Crippen LogP contribution < -0.4 is 9.64 Å². The number of anilines is 1. The maximum Gasteiger partial charge on any atom is 0.122 e. The normalized spacial score (nSPS) is 23.0. The first-order valence-corrected chi connectivity index (χ1v) is 10.4. The van der Waals surface area contributed by atoms with Crippen LogP contribution in [0.4, 0.5) is 5.69 Å². The van der Waals surface area contributed by atoms with Crippen molar-refractivity contribution in [3.05, 3.63) is 58.7 Å². The van der Waals surface area contributed by atoms with Crippen LogP contribution in [-0.2, 0) is 18.4 Å². The molecule has 1 aliphatic heterocycles. The Labute approximate surface area is 175 Å². The predicted octanol–water partition coefficient (Wildman–Crippen LogP) is 4.86. The summed E-state index contributed by atoms with van der Waals surface area (Å²) in [5.41, 5.74) is 7.01. The third-order valence-corrected chi connectivity index (χ3v) is 6.76. The van der Waals surface area contributed by atoms with Gasteiger partial charge in [0.05, 0.1) is 13.2 Å². The van der Waals surface area contributed by atoms with Crippen molar-refractivity contribution in [3.8, 4) is 18.6 Å². The quantitative estimate of drug-likeness (QED) is 0.739. The highest BCUT2D eigenvalue weighted by molar-refractivity contribution is 5.71. The Balaban J connectivity index is 0.00000117. The van der Waals surface area contributed by atoms with Crippen molar-refractivity contribution in [2.45, 2.75) is 58.1 Å². The molecule has 0 radical (unpaired) electrons. The number of benzene rings is 2.